The first kappa shape index (κ1) is 20.6. The minimum Gasteiger partial charge on any atom is -0.496 e. The summed E-state index contributed by atoms with van der Waals surface area (Å²) in [5.74, 6) is 0.000863. The number of unbranched alkanes of at least 4 members (excludes halogenated alkanes) is 1. The molecule has 0 aliphatic heterocycles. The number of ether oxygens (including phenoxy) is 1. The molecule has 0 saturated heterocycles. The van der Waals surface area contributed by atoms with Crippen LogP contribution in [-0.4, -0.2) is 23.6 Å². The molecule has 0 aliphatic rings. The number of alkyl halides is 1. The van der Waals surface area contributed by atoms with Crippen LogP contribution in [0, 0.1) is 0 Å². The molecule has 26 heavy (non-hydrogen) atoms. The Morgan fingerprint density at radius 3 is 2.77 bits per heavy atom. The first-order valence-corrected chi connectivity index (χ1v) is 9.68. The number of rotatable bonds is 7. The SMILES string of the molecule is CCCCc1cn(C(C)(C)CF)sc1=NC(=O)c1cc(Cl)ccc1OC. The molecule has 0 atom stereocenters. The van der Waals surface area contributed by atoms with E-state index in [0.717, 1.165) is 24.8 Å². The minimum absolute atomic E-state index is 0.311. The normalized spacial score (nSPS) is 12.5. The molecule has 1 aromatic carbocycles. The number of carbonyl (C=O) groups is 1. The molecule has 1 heterocycles. The van der Waals surface area contributed by atoms with E-state index >= 15 is 0 Å². The average molecular weight is 399 g/mol. The molecule has 1 amide bonds. The molecule has 0 N–H and O–H groups in total. The zero-order valence-corrected chi connectivity index (χ0v) is 17.1. The van der Waals surface area contributed by atoms with Crippen molar-refractivity contribution in [3.63, 3.8) is 0 Å². The molecule has 2 aromatic rings. The van der Waals surface area contributed by atoms with Crippen LogP contribution in [0.25, 0.3) is 0 Å². The van der Waals surface area contributed by atoms with Crippen molar-refractivity contribution < 1.29 is 13.9 Å². The fourth-order valence-electron chi connectivity index (χ4n) is 2.36. The lowest BCUT2D eigenvalue weighted by Crippen LogP contribution is -2.26. The molecule has 0 bridgehead atoms. The highest BCUT2D eigenvalue weighted by molar-refractivity contribution is 7.04. The van der Waals surface area contributed by atoms with Gasteiger partial charge in [-0.3, -0.25) is 8.75 Å². The Morgan fingerprint density at radius 2 is 2.15 bits per heavy atom. The third-order valence-corrected chi connectivity index (χ3v) is 5.61. The summed E-state index contributed by atoms with van der Waals surface area (Å²) >= 11 is 7.31. The van der Waals surface area contributed by atoms with Crippen LogP contribution in [0.5, 0.6) is 5.75 Å². The number of nitrogens with zero attached hydrogens (tertiary/aromatic N) is 2. The summed E-state index contributed by atoms with van der Waals surface area (Å²) in [6.45, 7) is 5.24. The summed E-state index contributed by atoms with van der Waals surface area (Å²) in [5.41, 5.74) is 0.592. The summed E-state index contributed by atoms with van der Waals surface area (Å²) in [6.07, 6.45) is 4.70. The van der Waals surface area contributed by atoms with Crippen molar-refractivity contribution in [2.75, 3.05) is 13.8 Å². The number of hydrogen-bond donors (Lipinski definition) is 0. The molecule has 0 fully saturated rings. The fourth-order valence-corrected chi connectivity index (χ4v) is 3.59. The Labute approximate surface area is 162 Å². The maximum Gasteiger partial charge on any atom is 0.282 e. The lowest BCUT2D eigenvalue weighted by Gasteiger charge is -2.21. The number of amides is 1. The van der Waals surface area contributed by atoms with Gasteiger partial charge in [0.1, 0.15) is 17.1 Å². The van der Waals surface area contributed by atoms with Crippen molar-refractivity contribution in [2.45, 2.75) is 45.6 Å². The minimum atomic E-state index is -0.670. The second kappa shape index (κ2) is 8.82. The predicted octanol–water partition coefficient (Wildman–Crippen LogP) is 5.00. The maximum atomic E-state index is 13.4. The van der Waals surface area contributed by atoms with Gasteiger partial charge in [0.2, 0.25) is 0 Å². The quantitative estimate of drug-likeness (QED) is 0.658. The number of aromatic nitrogens is 1. The molecule has 7 heteroatoms. The van der Waals surface area contributed by atoms with Gasteiger partial charge < -0.3 is 4.74 Å². The van der Waals surface area contributed by atoms with Crippen LogP contribution in [-0.2, 0) is 12.0 Å². The van der Waals surface area contributed by atoms with Gasteiger partial charge in [0.05, 0.1) is 18.2 Å². The van der Waals surface area contributed by atoms with Gasteiger partial charge in [0, 0.05) is 16.8 Å². The highest BCUT2D eigenvalue weighted by Crippen LogP contribution is 2.24. The molecule has 0 aliphatic carbocycles. The summed E-state index contributed by atoms with van der Waals surface area (Å²) in [6, 6.07) is 4.85. The summed E-state index contributed by atoms with van der Waals surface area (Å²) in [5, 5.41) is 0.440. The Bertz CT molecular complexity index is 842. The Kier molecular flexibility index (Phi) is 7.01. The number of carbonyl (C=O) groups excluding carboxylic acids is 1. The van der Waals surface area contributed by atoms with Crippen LogP contribution in [0.1, 0.15) is 49.5 Å². The highest BCUT2D eigenvalue weighted by atomic mass is 35.5. The van der Waals surface area contributed by atoms with Crippen LogP contribution in [0.4, 0.5) is 4.39 Å². The van der Waals surface area contributed by atoms with E-state index in [1.54, 1.807) is 18.2 Å². The van der Waals surface area contributed by atoms with Crippen molar-refractivity contribution in [3.8, 4) is 5.75 Å². The van der Waals surface area contributed by atoms with Crippen LogP contribution < -0.4 is 9.41 Å². The van der Waals surface area contributed by atoms with Crippen LogP contribution in [0.15, 0.2) is 29.4 Å². The summed E-state index contributed by atoms with van der Waals surface area (Å²) < 4.78 is 21.1. The van der Waals surface area contributed by atoms with Crippen molar-refractivity contribution >= 4 is 29.0 Å². The van der Waals surface area contributed by atoms with Crippen molar-refractivity contribution in [1.82, 2.24) is 3.96 Å². The van der Waals surface area contributed by atoms with Gasteiger partial charge in [-0.15, -0.1) is 0 Å². The van der Waals surface area contributed by atoms with Crippen molar-refractivity contribution in [3.05, 3.63) is 45.2 Å². The van der Waals surface area contributed by atoms with Crippen molar-refractivity contribution in [1.29, 1.82) is 0 Å². The topological polar surface area (TPSA) is 43.6 Å². The Hall–Kier alpha value is -1.66. The smallest absolute Gasteiger partial charge is 0.282 e. The fraction of sp³-hybridized carbons (Fsp3) is 0.474. The molecule has 2 rings (SSSR count). The second-order valence-corrected chi connectivity index (χ2v) is 8.09. The largest absolute Gasteiger partial charge is 0.496 e. The summed E-state index contributed by atoms with van der Waals surface area (Å²) in [4.78, 5) is 17.0. The highest BCUT2D eigenvalue weighted by Gasteiger charge is 2.22. The molecular weight excluding hydrogens is 375 g/mol. The van der Waals surface area contributed by atoms with E-state index in [1.807, 2.05) is 24.0 Å². The lowest BCUT2D eigenvalue weighted by atomic mass is 10.1. The van der Waals surface area contributed by atoms with E-state index in [2.05, 4.69) is 11.9 Å². The van der Waals surface area contributed by atoms with Gasteiger partial charge in [0.25, 0.3) is 5.91 Å². The second-order valence-electron chi connectivity index (χ2n) is 6.69. The number of halogens is 2. The van der Waals surface area contributed by atoms with Gasteiger partial charge >= 0.3 is 0 Å². The van der Waals surface area contributed by atoms with Crippen LogP contribution in [0.2, 0.25) is 5.02 Å². The first-order chi connectivity index (χ1) is 12.3. The molecule has 0 saturated carbocycles. The Morgan fingerprint density at radius 1 is 1.42 bits per heavy atom. The van der Waals surface area contributed by atoms with Gasteiger partial charge in [-0.05, 0) is 56.4 Å². The third kappa shape index (κ3) is 4.74. The van der Waals surface area contributed by atoms with Crippen LogP contribution in [0.3, 0.4) is 0 Å². The maximum absolute atomic E-state index is 13.4. The zero-order valence-electron chi connectivity index (χ0n) is 15.5. The first-order valence-electron chi connectivity index (χ1n) is 8.53. The molecule has 0 spiro atoms. The van der Waals surface area contributed by atoms with E-state index in [9.17, 15) is 9.18 Å². The van der Waals surface area contributed by atoms with E-state index < -0.39 is 18.1 Å². The number of methoxy groups -OCH3 is 1. The standard InChI is InChI=1S/C19H24ClFN2O2S/c1-5-6-7-13-11-23(19(2,3)12-21)26-18(13)22-17(24)15-10-14(20)8-9-16(15)25-4/h8-11H,5-7,12H2,1-4H3. The van der Waals surface area contributed by atoms with Gasteiger partial charge in [-0.1, -0.05) is 24.9 Å². The lowest BCUT2D eigenvalue weighted by molar-refractivity contribution is 0.0996. The van der Waals surface area contributed by atoms with Crippen LogP contribution >= 0.6 is 23.1 Å². The average Bonchev–Trinajstić information content (AvgIpc) is 3.03. The van der Waals surface area contributed by atoms with Gasteiger partial charge in [-0.2, -0.15) is 4.99 Å². The van der Waals surface area contributed by atoms with E-state index in [0.29, 0.717) is 21.0 Å². The predicted molar refractivity (Wildman–Crippen MR) is 104 cm³/mol. The summed E-state index contributed by atoms with van der Waals surface area (Å²) in [7, 11) is 1.50. The molecule has 4 nitrogen and oxygen atoms in total. The molecule has 142 valence electrons. The van der Waals surface area contributed by atoms with E-state index in [1.165, 1.54) is 18.6 Å². The third-order valence-electron chi connectivity index (χ3n) is 4.05. The molecule has 0 radical (unpaired) electrons. The number of hydrogen-bond acceptors (Lipinski definition) is 3. The molecule has 1 aromatic heterocycles. The Balaban J connectivity index is 2.51. The van der Waals surface area contributed by atoms with E-state index in [4.69, 9.17) is 16.3 Å². The molecular formula is C19H24ClFN2O2S. The zero-order chi connectivity index (χ0) is 19.3. The van der Waals surface area contributed by atoms with Gasteiger partial charge in [0.15, 0.2) is 0 Å². The van der Waals surface area contributed by atoms with E-state index in [-0.39, 0.29) is 0 Å². The van der Waals surface area contributed by atoms with Crippen molar-refractivity contribution in [2.24, 2.45) is 4.99 Å². The molecule has 0 unspecified atom stereocenters. The van der Waals surface area contributed by atoms with Gasteiger partial charge in [-0.25, -0.2) is 4.39 Å². The number of benzene rings is 1. The number of aryl methyl sites for hydroxylation is 1. The monoisotopic (exact) mass is 398 g/mol.